The number of nitrogens with one attached hydrogen (secondary N) is 2. The molecule has 1 spiro atoms. The van der Waals surface area contributed by atoms with Crippen LogP contribution in [0.1, 0.15) is 54.8 Å². The summed E-state index contributed by atoms with van der Waals surface area (Å²) in [7, 11) is 0. The third-order valence-corrected chi connectivity index (χ3v) is 7.40. The van der Waals surface area contributed by atoms with E-state index in [0.717, 1.165) is 28.7 Å². The lowest BCUT2D eigenvalue weighted by atomic mass is 9.77. The molecule has 4 amide bonds. The maximum absolute atomic E-state index is 13.0. The lowest BCUT2D eigenvalue weighted by Crippen LogP contribution is -2.52. The number of urea groups is 1. The number of thiophene rings is 1. The van der Waals surface area contributed by atoms with Gasteiger partial charge in [-0.05, 0) is 51.0 Å². The van der Waals surface area contributed by atoms with E-state index in [2.05, 4.69) is 22.7 Å². The summed E-state index contributed by atoms with van der Waals surface area (Å²) in [5, 5.41) is 3.65. The van der Waals surface area contributed by atoms with Crippen molar-refractivity contribution in [3.8, 4) is 0 Å². The van der Waals surface area contributed by atoms with E-state index in [-0.39, 0.29) is 16.9 Å². The average Bonchev–Trinajstić information content (AvgIpc) is 3.22. The molecule has 2 aromatic heterocycles. The number of carbonyl (C=O) groups excluding carboxylic acids is 4. The zero-order valence-corrected chi connectivity index (χ0v) is 19.4. The minimum Gasteiger partial charge on any atom is -0.462 e. The second kappa shape index (κ2) is 8.58. The number of esters is 1. The molecule has 4 rings (SSSR count). The van der Waals surface area contributed by atoms with Gasteiger partial charge in [-0.1, -0.05) is 6.92 Å². The van der Waals surface area contributed by atoms with Crippen LogP contribution in [-0.2, 0) is 20.9 Å². The molecule has 2 aromatic rings. The van der Waals surface area contributed by atoms with Crippen LogP contribution in [0.4, 0.5) is 4.79 Å². The average molecular weight is 476 g/mol. The smallest absolute Gasteiger partial charge is 0.348 e. The molecule has 1 aliphatic carbocycles. The van der Waals surface area contributed by atoms with Gasteiger partial charge in [-0.15, -0.1) is 11.3 Å². The fourth-order valence-electron chi connectivity index (χ4n) is 4.29. The van der Waals surface area contributed by atoms with Crippen molar-refractivity contribution in [1.82, 2.24) is 25.3 Å². The standard InChI is InChI=1S/C21H25N5O6S/c1-4-32-18(29)15-12(3)14-16(33-15)22-10-25(17(14)28)9-13(27)24-26-19(30)21(23-20(26)31)7-5-11(2)6-8-21/h10-11H,4-9H2,1-3H3,(H,23,31)(H,24,27). The van der Waals surface area contributed by atoms with Crippen molar-refractivity contribution in [1.29, 1.82) is 0 Å². The first kappa shape index (κ1) is 22.9. The molecule has 1 aliphatic heterocycles. The Kier molecular flexibility index (Phi) is 5.95. The van der Waals surface area contributed by atoms with Gasteiger partial charge in [0, 0.05) is 0 Å². The minimum absolute atomic E-state index is 0.202. The summed E-state index contributed by atoms with van der Waals surface area (Å²) in [4.78, 5) is 67.8. The third kappa shape index (κ3) is 3.99. The van der Waals surface area contributed by atoms with Gasteiger partial charge in [0.15, 0.2) is 0 Å². The van der Waals surface area contributed by atoms with Crippen LogP contribution in [0.25, 0.3) is 10.2 Å². The summed E-state index contributed by atoms with van der Waals surface area (Å²) >= 11 is 1.05. The fraction of sp³-hybridized carbons (Fsp3) is 0.524. The van der Waals surface area contributed by atoms with Crippen LogP contribution >= 0.6 is 11.3 Å². The largest absolute Gasteiger partial charge is 0.462 e. The second-order valence-electron chi connectivity index (χ2n) is 8.50. The van der Waals surface area contributed by atoms with Crippen LogP contribution in [0, 0.1) is 12.8 Å². The molecule has 0 bridgehead atoms. The predicted molar refractivity (Wildman–Crippen MR) is 118 cm³/mol. The predicted octanol–water partition coefficient (Wildman–Crippen LogP) is 1.48. The zero-order chi connectivity index (χ0) is 23.9. The Balaban J connectivity index is 1.51. The minimum atomic E-state index is -0.981. The van der Waals surface area contributed by atoms with Crippen molar-refractivity contribution >= 4 is 45.4 Å². The highest BCUT2D eigenvalue weighted by Gasteiger charge is 2.52. The van der Waals surface area contributed by atoms with Crippen molar-refractivity contribution in [2.75, 3.05) is 6.61 Å². The van der Waals surface area contributed by atoms with Gasteiger partial charge in [-0.2, -0.15) is 5.01 Å². The van der Waals surface area contributed by atoms with E-state index < -0.39 is 41.5 Å². The monoisotopic (exact) mass is 475 g/mol. The molecular weight excluding hydrogens is 450 g/mol. The molecule has 1 saturated carbocycles. The van der Waals surface area contributed by atoms with Crippen LogP contribution in [0.5, 0.6) is 0 Å². The number of ether oxygens (including phenoxy) is 1. The highest BCUT2D eigenvalue weighted by atomic mass is 32.1. The van der Waals surface area contributed by atoms with Crippen molar-refractivity contribution in [2.24, 2.45) is 5.92 Å². The molecule has 0 unspecified atom stereocenters. The lowest BCUT2D eigenvalue weighted by molar-refractivity contribution is -0.140. The van der Waals surface area contributed by atoms with Crippen molar-refractivity contribution < 1.29 is 23.9 Å². The molecule has 2 fully saturated rings. The van der Waals surface area contributed by atoms with E-state index in [9.17, 15) is 24.0 Å². The summed E-state index contributed by atoms with van der Waals surface area (Å²) in [6.45, 7) is 5.16. The molecule has 3 heterocycles. The van der Waals surface area contributed by atoms with Crippen molar-refractivity contribution in [3.63, 3.8) is 0 Å². The number of hydrogen-bond donors (Lipinski definition) is 2. The van der Waals surface area contributed by atoms with E-state index in [1.54, 1.807) is 13.8 Å². The maximum Gasteiger partial charge on any atom is 0.348 e. The van der Waals surface area contributed by atoms with Crippen LogP contribution in [0.3, 0.4) is 0 Å². The lowest BCUT2D eigenvalue weighted by Gasteiger charge is -2.33. The van der Waals surface area contributed by atoms with Crippen LogP contribution < -0.4 is 16.3 Å². The van der Waals surface area contributed by atoms with Gasteiger partial charge < -0.3 is 10.1 Å². The summed E-state index contributed by atoms with van der Waals surface area (Å²) in [5.74, 6) is -1.27. The van der Waals surface area contributed by atoms with Gasteiger partial charge in [-0.25, -0.2) is 14.6 Å². The normalized spacial score (nSPS) is 22.6. The summed E-state index contributed by atoms with van der Waals surface area (Å²) in [6.07, 6.45) is 3.85. The molecular formula is C21H25N5O6S. The second-order valence-corrected chi connectivity index (χ2v) is 9.50. The Labute approximate surface area is 193 Å². The Morgan fingerprint density at radius 3 is 2.67 bits per heavy atom. The summed E-state index contributed by atoms with van der Waals surface area (Å²) in [6, 6.07) is -0.684. The Hall–Kier alpha value is -3.28. The first-order chi connectivity index (χ1) is 15.7. The number of aromatic nitrogens is 2. The molecule has 11 nitrogen and oxygen atoms in total. The quantitative estimate of drug-likeness (QED) is 0.493. The molecule has 12 heteroatoms. The van der Waals surface area contributed by atoms with Gasteiger partial charge in [-0.3, -0.25) is 24.4 Å². The Bertz CT molecular complexity index is 1210. The third-order valence-electron chi connectivity index (χ3n) is 6.22. The molecule has 0 aromatic carbocycles. The number of nitrogens with zero attached hydrogens (tertiary/aromatic N) is 3. The Morgan fingerprint density at radius 2 is 2.00 bits per heavy atom. The first-order valence-electron chi connectivity index (χ1n) is 10.8. The Morgan fingerprint density at radius 1 is 1.30 bits per heavy atom. The number of hydrazine groups is 1. The van der Waals surface area contributed by atoms with Crippen LogP contribution in [0.2, 0.25) is 0 Å². The molecule has 1 saturated heterocycles. The molecule has 0 atom stereocenters. The van der Waals surface area contributed by atoms with Gasteiger partial charge in [0.25, 0.3) is 17.4 Å². The van der Waals surface area contributed by atoms with Crippen molar-refractivity contribution in [3.05, 3.63) is 27.1 Å². The maximum atomic E-state index is 13.0. The van der Waals surface area contributed by atoms with Gasteiger partial charge in [0.1, 0.15) is 21.8 Å². The van der Waals surface area contributed by atoms with E-state index in [4.69, 9.17) is 4.74 Å². The van der Waals surface area contributed by atoms with E-state index in [0.29, 0.717) is 34.2 Å². The molecule has 33 heavy (non-hydrogen) atoms. The number of amides is 4. The highest BCUT2D eigenvalue weighted by molar-refractivity contribution is 7.20. The first-order valence-corrected chi connectivity index (χ1v) is 11.6. The molecule has 0 radical (unpaired) electrons. The van der Waals surface area contributed by atoms with Crippen LogP contribution in [-0.4, -0.2) is 50.5 Å². The van der Waals surface area contributed by atoms with E-state index >= 15 is 0 Å². The number of hydrogen-bond acceptors (Lipinski definition) is 8. The highest BCUT2D eigenvalue weighted by Crippen LogP contribution is 2.35. The summed E-state index contributed by atoms with van der Waals surface area (Å²) in [5.41, 5.74) is 1.26. The molecule has 2 N–H and O–H groups in total. The SMILES string of the molecule is CCOC(=O)c1sc2ncn(CC(=O)NN3C(=O)NC4(CCC(C)CC4)C3=O)c(=O)c2c1C. The van der Waals surface area contributed by atoms with Gasteiger partial charge in [0.2, 0.25) is 0 Å². The van der Waals surface area contributed by atoms with Crippen molar-refractivity contribution in [2.45, 2.75) is 58.5 Å². The van der Waals surface area contributed by atoms with E-state index in [1.807, 2.05) is 0 Å². The number of rotatable bonds is 5. The topological polar surface area (TPSA) is 140 Å². The van der Waals surface area contributed by atoms with Gasteiger partial charge in [0.05, 0.1) is 18.3 Å². The molecule has 2 aliphatic rings. The summed E-state index contributed by atoms with van der Waals surface area (Å²) < 4.78 is 6.09. The molecule has 176 valence electrons. The number of imide groups is 1. The number of carbonyl (C=O) groups is 4. The van der Waals surface area contributed by atoms with Crippen LogP contribution in [0.15, 0.2) is 11.1 Å². The number of fused-ring (bicyclic) bond motifs is 1. The van der Waals surface area contributed by atoms with E-state index in [1.165, 1.54) is 6.33 Å². The fourth-order valence-corrected chi connectivity index (χ4v) is 5.33. The van der Waals surface area contributed by atoms with Gasteiger partial charge >= 0.3 is 12.0 Å². The number of aryl methyl sites for hydroxylation is 1. The zero-order valence-electron chi connectivity index (χ0n) is 18.6.